The van der Waals surface area contributed by atoms with Crippen molar-refractivity contribution in [3.63, 3.8) is 0 Å². The van der Waals surface area contributed by atoms with Crippen molar-refractivity contribution in [2.75, 3.05) is 0 Å². The van der Waals surface area contributed by atoms with Gasteiger partial charge in [-0.15, -0.1) is 0 Å². The topological polar surface area (TPSA) is 59.4 Å². The van der Waals surface area contributed by atoms with E-state index in [0.29, 0.717) is 5.69 Å². The number of rotatable bonds is 4. The van der Waals surface area contributed by atoms with Crippen molar-refractivity contribution >= 4 is 29.3 Å². The maximum absolute atomic E-state index is 11.5. The molecule has 0 radical (unpaired) electrons. The Hall–Kier alpha value is -1.75. The zero-order valence-electron chi connectivity index (χ0n) is 11.2. The fourth-order valence-electron chi connectivity index (χ4n) is 1.29. The molecule has 0 atom stereocenters. The number of pyridine rings is 1. The largest absolute Gasteiger partial charge is 0.502 e. The fourth-order valence-corrected chi connectivity index (χ4v) is 1.44. The van der Waals surface area contributed by atoms with Crippen LogP contribution in [0.15, 0.2) is 24.4 Å². The third-order valence-corrected chi connectivity index (χ3v) is 2.14. The molecule has 0 unspecified atom stereocenters. The van der Waals surface area contributed by atoms with Gasteiger partial charge in [0.15, 0.2) is 5.05 Å². The van der Waals surface area contributed by atoms with Crippen LogP contribution < -0.4 is 0 Å². The Bertz CT molecular complexity index is 486. The molecule has 1 heterocycles. The molecule has 19 heavy (non-hydrogen) atoms. The Balaban J connectivity index is 2.62. The van der Waals surface area contributed by atoms with Crippen LogP contribution in [0, 0.1) is 0 Å². The van der Waals surface area contributed by atoms with E-state index >= 15 is 0 Å². The normalized spacial score (nSPS) is 11.5. The van der Waals surface area contributed by atoms with E-state index < -0.39 is 11.6 Å². The number of carbonyl (C=O) groups is 1. The summed E-state index contributed by atoms with van der Waals surface area (Å²) in [4.78, 5) is 15.6. The van der Waals surface area contributed by atoms with Gasteiger partial charge in [-0.3, -0.25) is 4.98 Å². The van der Waals surface area contributed by atoms with Crippen LogP contribution in [0.25, 0.3) is 6.08 Å². The van der Waals surface area contributed by atoms with E-state index in [1.807, 2.05) is 20.8 Å². The number of carbonyl (C=O) groups excluding carboxylic acids is 1. The van der Waals surface area contributed by atoms with Crippen LogP contribution in [0.1, 0.15) is 32.0 Å². The maximum Gasteiger partial charge on any atom is 0.331 e. The number of thiocarbonyl (C=S) groups is 1. The third-order valence-electron chi connectivity index (χ3n) is 2.00. The molecule has 0 saturated heterocycles. The van der Waals surface area contributed by atoms with Crippen molar-refractivity contribution in [2.45, 2.75) is 32.8 Å². The molecule has 0 saturated carbocycles. The van der Waals surface area contributed by atoms with Gasteiger partial charge in [0.05, 0.1) is 6.42 Å². The number of esters is 1. The van der Waals surface area contributed by atoms with Crippen LogP contribution in [0.3, 0.4) is 0 Å². The summed E-state index contributed by atoms with van der Waals surface area (Å²) in [6.07, 6.45) is 4.85. The highest BCUT2D eigenvalue weighted by atomic mass is 32.1. The molecule has 1 aromatic heterocycles. The smallest absolute Gasteiger partial charge is 0.331 e. The predicted octanol–water partition coefficient (Wildman–Crippen LogP) is 2.86. The zero-order valence-corrected chi connectivity index (χ0v) is 12.0. The fraction of sp³-hybridized carbons (Fsp3) is 0.357. The van der Waals surface area contributed by atoms with Gasteiger partial charge in [0.25, 0.3) is 0 Å². The highest BCUT2D eigenvalue weighted by Gasteiger charge is 2.13. The van der Waals surface area contributed by atoms with Crippen LogP contribution in [-0.2, 0) is 16.0 Å². The molecule has 0 fully saturated rings. The first kappa shape index (κ1) is 15.3. The van der Waals surface area contributed by atoms with Crippen LogP contribution >= 0.6 is 12.2 Å². The molecule has 0 amide bonds. The van der Waals surface area contributed by atoms with Crippen LogP contribution in [0.5, 0.6) is 0 Å². The van der Waals surface area contributed by atoms with E-state index in [9.17, 15) is 4.79 Å². The predicted molar refractivity (Wildman–Crippen MR) is 78.0 cm³/mol. The van der Waals surface area contributed by atoms with E-state index in [-0.39, 0.29) is 11.5 Å². The standard InChI is InChI=1S/C14H17NO3S/c1-14(2,3)18-12(16)7-5-10-4-6-11(15-9-10)8-13(17)19/h4-7,9H,8H2,1-3H3,(H,17,19)/b7-5+. The number of hydrogen-bond donors (Lipinski definition) is 1. The van der Waals surface area contributed by atoms with Gasteiger partial charge in [-0.1, -0.05) is 6.07 Å². The molecule has 0 aliphatic heterocycles. The third kappa shape index (κ3) is 6.67. The summed E-state index contributed by atoms with van der Waals surface area (Å²) >= 11 is 4.59. The lowest BCUT2D eigenvalue weighted by atomic mass is 10.2. The quantitative estimate of drug-likeness (QED) is 0.522. The van der Waals surface area contributed by atoms with Gasteiger partial charge in [-0.05, 0) is 50.7 Å². The number of aliphatic hydroxyl groups is 1. The first-order valence-corrected chi connectivity index (χ1v) is 6.25. The second kappa shape index (κ2) is 6.43. The molecule has 0 bridgehead atoms. The van der Waals surface area contributed by atoms with Crippen molar-refractivity contribution in [3.8, 4) is 0 Å². The summed E-state index contributed by atoms with van der Waals surface area (Å²) in [5.41, 5.74) is 0.959. The molecule has 102 valence electrons. The SMILES string of the molecule is CC(C)(C)OC(=O)/C=C/c1ccc(CC(O)=S)nc1. The minimum absolute atomic E-state index is 0.0930. The molecule has 4 nitrogen and oxygen atoms in total. The summed E-state index contributed by atoms with van der Waals surface area (Å²) in [6.45, 7) is 5.44. The Morgan fingerprint density at radius 1 is 1.47 bits per heavy atom. The Labute approximate surface area is 118 Å². The Morgan fingerprint density at radius 3 is 2.63 bits per heavy atom. The zero-order chi connectivity index (χ0) is 14.5. The number of aliphatic hydroxyl groups excluding tert-OH is 1. The molecule has 1 aromatic rings. The lowest BCUT2D eigenvalue weighted by Gasteiger charge is -2.17. The van der Waals surface area contributed by atoms with Gasteiger partial charge < -0.3 is 9.84 Å². The average Bonchev–Trinajstić information content (AvgIpc) is 2.25. The van der Waals surface area contributed by atoms with Crippen LogP contribution in [-0.4, -0.2) is 26.7 Å². The van der Waals surface area contributed by atoms with Crippen molar-refractivity contribution in [2.24, 2.45) is 0 Å². The van der Waals surface area contributed by atoms with E-state index in [2.05, 4.69) is 17.2 Å². The Kier molecular flexibility index (Phi) is 5.18. The van der Waals surface area contributed by atoms with Gasteiger partial charge in [0.1, 0.15) is 5.60 Å². The number of ether oxygens (including phenoxy) is 1. The average molecular weight is 279 g/mol. The molecule has 0 aliphatic carbocycles. The molecular formula is C14H17NO3S. The van der Waals surface area contributed by atoms with Gasteiger partial charge >= 0.3 is 5.97 Å². The number of aromatic nitrogens is 1. The van der Waals surface area contributed by atoms with Crippen LogP contribution in [0.4, 0.5) is 0 Å². The first-order valence-electron chi connectivity index (χ1n) is 5.84. The van der Waals surface area contributed by atoms with E-state index in [4.69, 9.17) is 9.84 Å². The van der Waals surface area contributed by atoms with Gasteiger partial charge in [0.2, 0.25) is 0 Å². The summed E-state index contributed by atoms with van der Waals surface area (Å²) in [5.74, 6) is -0.395. The first-order chi connectivity index (χ1) is 8.76. The molecule has 5 heteroatoms. The molecule has 1 N–H and O–H groups in total. The molecule has 1 rings (SSSR count). The van der Waals surface area contributed by atoms with E-state index in [1.54, 1.807) is 24.4 Å². The summed E-state index contributed by atoms with van der Waals surface area (Å²) in [6, 6.07) is 3.54. The number of nitrogens with zero attached hydrogens (tertiary/aromatic N) is 1. The molecule has 0 aliphatic rings. The van der Waals surface area contributed by atoms with Crippen molar-refractivity contribution in [1.29, 1.82) is 0 Å². The Morgan fingerprint density at radius 2 is 2.16 bits per heavy atom. The highest BCUT2D eigenvalue weighted by molar-refractivity contribution is 7.80. The van der Waals surface area contributed by atoms with Crippen molar-refractivity contribution in [1.82, 2.24) is 4.98 Å². The summed E-state index contributed by atoms with van der Waals surface area (Å²) in [5, 5.41) is 8.88. The van der Waals surface area contributed by atoms with Gasteiger partial charge in [-0.2, -0.15) is 0 Å². The second-order valence-corrected chi connectivity index (χ2v) is 5.49. The maximum atomic E-state index is 11.5. The molecule has 0 aromatic carbocycles. The minimum atomic E-state index is -0.500. The summed E-state index contributed by atoms with van der Waals surface area (Å²) < 4.78 is 5.14. The molecular weight excluding hydrogens is 262 g/mol. The summed E-state index contributed by atoms with van der Waals surface area (Å²) in [7, 11) is 0. The lowest BCUT2D eigenvalue weighted by Crippen LogP contribution is -2.22. The van der Waals surface area contributed by atoms with Crippen LogP contribution in [0.2, 0.25) is 0 Å². The van der Waals surface area contributed by atoms with E-state index in [1.165, 1.54) is 6.08 Å². The second-order valence-electron chi connectivity index (χ2n) is 5.02. The van der Waals surface area contributed by atoms with Crippen molar-refractivity contribution in [3.05, 3.63) is 35.7 Å². The van der Waals surface area contributed by atoms with Gasteiger partial charge in [0, 0.05) is 18.0 Å². The lowest BCUT2D eigenvalue weighted by molar-refractivity contribution is -0.148. The van der Waals surface area contributed by atoms with E-state index in [0.717, 1.165) is 5.56 Å². The highest BCUT2D eigenvalue weighted by Crippen LogP contribution is 2.09. The minimum Gasteiger partial charge on any atom is -0.502 e. The van der Waals surface area contributed by atoms with Gasteiger partial charge in [-0.25, -0.2) is 4.79 Å². The monoisotopic (exact) mass is 279 g/mol. The number of hydrogen-bond acceptors (Lipinski definition) is 4. The molecule has 0 spiro atoms. The van der Waals surface area contributed by atoms with Crippen molar-refractivity contribution < 1.29 is 14.6 Å².